The number of nitro benzene ring substituents is 1. The fraction of sp³-hybridized carbons (Fsp3) is 0.462. The second kappa shape index (κ2) is 5.46. The van der Waals surface area contributed by atoms with Crippen LogP contribution in [0.5, 0.6) is 0 Å². The number of nitrogens with zero attached hydrogens (tertiary/aromatic N) is 2. The summed E-state index contributed by atoms with van der Waals surface area (Å²) in [6.45, 7) is 2.50. The van der Waals surface area contributed by atoms with Crippen molar-refractivity contribution in [2.24, 2.45) is 0 Å². The van der Waals surface area contributed by atoms with Gasteiger partial charge in [0, 0.05) is 13.7 Å². The van der Waals surface area contributed by atoms with E-state index in [9.17, 15) is 14.9 Å². The van der Waals surface area contributed by atoms with Crippen molar-refractivity contribution < 1.29 is 19.6 Å². The van der Waals surface area contributed by atoms with E-state index >= 15 is 0 Å². The predicted molar refractivity (Wildman–Crippen MR) is 72.3 cm³/mol. The molecule has 0 amide bonds. The van der Waals surface area contributed by atoms with Crippen LogP contribution < -0.4 is 4.90 Å². The van der Waals surface area contributed by atoms with Crippen molar-refractivity contribution in [3.8, 4) is 0 Å². The van der Waals surface area contributed by atoms with Gasteiger partial charge in [0.25, 0.3) is 0 Å². The summed E-state index contributed by atoms with van der Waals surface area (Å²) in [5, 5.41) is 20.3. The van der Waals surface area contributed by atoms with Gasteiger partial charge >= 0.3 is 11.7 Å². The minimum Gasteiger partial charge on any atom is -0.477 e. The SMILES string of the molecule is CC1OCCC1N(C)c1cccc(C(=O)O)c1[N+](=O)[O-]. The quantitative estimate of drug-likeness (QED) is 0.669. The van der Waals surface area contributed by atoms with E-state index in [1.807, 2.05) is 6.92 Å². The molecule has 1 aromatic carbocycles. The van der Waals surface area contributed by atoms with Gasteiger partial charge in [0.05, 0.1) is 17.1 Å². The fourth-order valence-corrected chi connectivity index (χ4v) is 2.59. The molecule has 0 aliphatic carbocycles. The number of carboxylic acid groups (broad SMARTS) is 1. The number of ether oxygens (including phenoxy) is 1. The third-order valence-corrected chi connectivity index (χ3v) is 3.64. The van der Waals surface area contributed by atoms with Crippen LogP contribution in [0.1, 0.15) is 23.7 Å². The van der Waals surface area contributed by atoms with Crippen molar-refractivity contribution in [2.45, 2.75) is 25.5 Å². The third kappa shape index (κ3) is 2.44. The summed E-state index contributed by atoms with van der Waals surface area (Å²) in [5.41, 5.74) is -0.371. The van der Waals surface area contributed by atoms with Crippen LogP contribution in [0.2, 0.25) is 0 Å². The minimum absolute atomic E-state index is 0.00209. The first kappa shape index (κ1) is 14.3. The van der Waals surface area contributed by atoms with Gasteiger partial charge in [0.1, 0.15) is 11.3 Å². The smallest absolute Gasteiger partial charge is 0.342 e. The maximum absolute atomic E-state index is 11.2. The van der Waals surface area contributed by atoms with Crippen molar-refractivity contribution in [1.82, 2.24) is 0 Å². The summed E-state index contributed by atoms with van der Waals surface area (Å²) in [5.74, 6) is -1.30. The first-order valence-electron chi connectivity index (χ1n) is 6.28. The highest BCUT2D eigenvalue weighted by Gasteiger charge is 2.33. The van der Waals surface area contributed by atoms with Crippen LogP contribution in [0, 0.1) is 10.1 Å². The molecule has 108 valence electrons. The van der Waals surface area contributed by atoms with E-state index in [1.54, 1.807) is 18.0 Å². The zero-order valence-electron chi connectivity index (χ0n) is 11.3. The summed E-state index contributed by atoms with van der Waals surface area (Å²) in [6, 6.07) is 4.32. The summed E-state index contributed by atoms with van der Waals surface area (Å²) in [4.78, 5) is 23.5. The Kier molecular flexibility index (Phi) is 3.89. The van der Waals surface area contributed by atoms with Crippen LogP contribution in [0.25, 0.3) is 0 Å². The maximum atomic E-state index is 11.2. The van der Waals surface area contributed by atoms with Crippen molar-refractivity contribution >= 4 is 17.3 Å². The molecule has 7 nitrogen and oxygen atoms in total. The number of rotatable bonds is 4. The van der Waals surface area contributed by atoms with Gasteiger partial charge in [-0.05, 0) is 25.5 Å². The van der Waals surface area contributed by atoms with Gasteiger partial charge in [-0.25, -0.2) is 4.79 Å². The normalized spacial score (nSPS) is 21.7. The zero-order valence-corrected chi connectivity index (χ0v) is 11.3. The largest absolute Gasteiger partial charge is 0.477 e. The molecule has 1 N–H and O–H groups in total. The monoisotopic (exact) mass is 280 g/mol. The van der Waals surface area contributed by atoms with Crippen LogP contribution in [0.4, 0.5) is 11.4 Å². The molecular formula is C13H16N2O5. The molecule has 1 aliphatic rings. The Morgan fingerprint density at radius 1 is 1.55 bits per heavy atom. The highest BCUT2D eigenvalue weighted by atomic mass is 16.6. The summed E-state index contributed by atoms with van der Waals surface area (Å²) in [6.07, 6.45) is 0.708. The van der Waals surface area contributed by atoms with E-state index in [2.05, 4.69) is 0 Å². The van der Waals surface area contributed by atoms with Crippen molar-refractivity contribution in [1.29, 1.82) is 0 Å². The van der Waals surface area contributed by atoms with Crippen LogP contribution >= 0.6 is 0 Å². The molecule has 0 bridgehead atoms. The molecule has 0 saturated carbocycles. The van der Waals surface area contributed by atoms with Crippen LogP contribution in [0.3, 0.4) is 0 Å². The second-order valence-electron chi connectivity index (χ2n) is 4.78. The second-order valence-corrected chi connectivity index (χ2v) is 4.78. The van der Waals surface area contributed by atoms with E-state index in [4.69, 9.17) is 9.84 Å². The fourth-order valence-electron chi connectivity index (χ4n) is 2.59. The molecule has 0 spiro atoms. The molecule has 0 radical (unpaired) electrons. The van der Waals surface area contributed by atoms with Crippen LogP contribution in [-0.2, 0) is 4.74 Å². The number of carbonyl (C=O) groups is 1. The molecule has 1 aliphatic heterocycles. The summed E-state index contributed by atoms with van der Waals surface area (Å²) in [7, 11) is 1.73. The number of aromatic carboxylic acids is 1. The van der Waals surface area contributed by atoms with E-state index < -0.39 is 10.9 Å². The highest BCUT2D eigenvalue weighted by molar-refractivity contribution is 5.95. The standard InChI is InChI=1S/C13H16N2O5/c1-8-10(6-7-20-8)14(2)11-5-3-4-9(13(16)17)12(11)15(18)19/h3-5,8,10H,6-7H2,1-2H3,(H,16,17). The first-order chi connectivity index (χ1) is 9.43. The maximum Gasteiger partial charge on any atom is 0.342 e. The highest BCUT2D eigenvalue weighted by Crippen LogP contribution is 2.34. The van der Waals surface area contributed by atoms with E-state index in [1.165, 1.54) is 12.1 Å². The average molecular weight is 280 g/mol. The van der Waals surface area contributed by atoms with Gasteiger partial charge in [0.15, 0.2) is 0 Å². The molecule has 2 atom stereocenters. The Hall–Kier alpha value is -2.15. The lowest BCUT2D eigenvalue weighted by molar-refractivity contribution is -0.384. The predicted octanol–water partition coefficient (Wildman–Crippen LogP) is 1.91. The van der Waals surface area contributed by atoms with Gasteiger partial charge in [-0.15, -0.1) is 0 Å². The molecule has 0 aromatic heterocycles. The Balaban J connectivity index is 2.48. The van der Waals surface area contributed by atoms with Gasteiger partial charge < -0.3 is 14.7 Å². The van der Waals surface area contributed by atoms with E-state index in [-0.39, 0.29) is 23.4 Å². The number of carboxylic acids is 1. The lowest BCUT2D eigenvalue weighted by Crippen LogP contribution is -2.37. The van der Waals surface area contributed by atoms with E-state index in [0.717, 1.165) is 6.42 Å². The van der Waals surface area contributed by atoms with Gasteiger partial charge in [-0.2, -0.15) is 0 Å². The summed E-state index contributed by atoms with van der Waals surface area (Å²) < 4.78 is 5.46. The number of likely N-dealkylation sites (N-methyl/N-ethyl adjacent to an activating group) is 1. The van der Waals surface area contributed by atoms with Crippen LogP contribution in [0.15, 0.2) is 18.2 Å². The molecule has 1 saturated heterocycles. The van der Waals surface area contributed by atoms with Gasteiger partial charge in [-0.1, -0.05) is 6.07 Å². The number of nitro groups is 1. The van der Waals surface area contributed by atoms with Crippen molar-refractivity contribution in [2.75, 3.05) is 18.6 Å². The van der Waals surface area contributed by atoms with Crippen molar-refractivity contribution in [3.63, 3.8) is 0 Å². The number of para-hydroxylation sites is 1. The summed E-state index contributed by atoms with van der Waals surface area (Å²) >= 11 is 0. The Labute approximate surface area is 115 Å². The first-order valence-corrected chi connectivity index (χ1v) is 6.28. The van der Waals surface area contributed by atoms with Gasteiger partial charge in [0.2, 0.25) is 0 Å². The topological polar surface area (TPSA) is 92.9 Å². The number of benzene rings is 1. The lowest BCUT2D eigenvalue weighted by atomic mass is 10.1. The van der Waals surface area contributed by atoms with Crippen molar-refractivity contribution in [3.05, 3.63) is 33.9 Å². The van der Waals surface area contributed by atoms with Crippen LogP contribution in [-0.4, -0.2) is 41.8 Å². The zero-order chi connectivity index (χ0) is 14.9. The molecule has 2 unspecified atom stereocenters. The molecule has 20 heavy (non-hydrogen) atoms. The Morgan fingerprint density at radius 2 is 2.25 bits per heavy atom. The van der Waals surface area contributed by atoms with E-state index in [0.29, 0.717) is 12.3 Å². The molecule has 2 rings (SSSR count). The molecular weight excluding hydrogens is 264 g/mol. The molecule has 1 heterocycles. The Morgan fingerprint density at radius 3 is 2.75 bits per heavy atom. The lowest BCUT2D eigenvalue weighted by Gasteiger charge is -2.28. The van der Waals surface area contributed by atoms with Gasteiger partial charge in [-0.3, -0.25) is 10.1 Å². The molecule has 7 heteroatoms. The number of hydrogen-bond donors (Lipinski definition) is 1. The third-order valence-electron chi connectivity index (χ3n) is 3.64. The average Bonchev–Trinajstić information content (AvgIpc) is 2.83. The Bertz CT molecular complexity index is 546. The number of hydrogen-bond acceptors (Lipinski definition) is 5. The molecule has 1 fully saturated rings. The minimum atomic E-state index is -1.30. The number of anilines is 1. The molecule has 1 aromatic rings.